The van der Waals surface area contributed by atoms with Gasteiger partial charge in [0.25, 0.3) is 11.8 Å². The molecule has 0 radical (unpaired) electrons. The highest BCUT2D eigenvalue weighted by molar-refractivity contribution is 6.00. The maximum Gasteiger partial charge on any atom is 0.407 e. The lowest BCUT2D eigenvalue weighted by molar-refractivity contribution is -0.146. The molecule has 7 amide bonds. The summed E-state index contributed by atoms with van der Waals surface area (Å²) in [6, 6.07) is 44.3. The number of para-hydroxylation sites is 2. The minimum absolute atomic E-state index is 0.00135. The Morgan fingerprint density at radius 2 is 0.664 bits per heavy atom. The molecule has 7 N–H and O–H groups in total. The van der Waals surface area contributed by atoms with Gasteiger partial charge in [0.05, 0.1) is 26.3 Å². The summed E-state index contributed by atoms with van der Waals surface area (Å²) in [5.41, 5.74) is 5.47. The molecule has 0 spiro atoms. The van der Waals surface area contributed by atoms with Crippen molar-refractivity contribution in [2.45, 2.75) is 304 Å². The van der Waals surface area contributed by atoms with Crippen LogP contribution in [0, 0.1) is 17.8 Å². The third-order valence-electron chi connectivity index (χ3n) is 22.5. The molecule has 0 fully saturated rings. The van der Waals surface area contributed by atoms with Crippen LogP contribution in [0.3, 0.4) is 0 Å². The van der Waals surface area contributed by atoms with Crippen LogP contribution >= 0.6 is 0 Å². The Hall–Kier alpha value is -10.7. The van der Waals surface area contributed by atoms with E-state index in [1.165, 1.54) is 25.3 Å². The molecule has 0 saturated carbocycles. The normalized spacial score (nSPS) is 13.1. The number of hydrogen-bond donors (Lipinski definition) is 7. The molecule has 6 aromatic carbocycles. The first-order valence-electron chi connectivity index (χ1n) is 46.5. The Balaban J connectivity index is 0.000000445. The maximum atomic E-state index is 14.3. The second-order valence-corrected chi connectivity index (χ2v) is 32.3. The number of benzene rings is 6. The molecule has 0 bridgehead atoms. The number of carbonyl (C=O) groups excluding carboxylic acids is 11. The van der Waals surface area contributed by atoms with E-state index in [1.54, 1.807) is 48.5 Å². The lowest BCUT2D eigenvalue weighted by atomic mass is 9.90. The number of Topliss-reactive ketones (excluding diaryl/α,β-unsaturated/α-hetero) is 2. The van der Waals surface area contributed by atoms with Gasteiger partial charge in [-0.1, -0.05) is 269 Å². The van der Waals surface area contributed by atoms with Gasteiger partial charge in [-0.05, 0) is 166 Å². The average Bonchev–Trinajstić information content (AvgIpc) is 1.61. The number of unbranched alkanes of at least 4 members (excludes halogenated alkanes) is 14. The SMILES string of the molecule is CC.CCCCC[C@H](CC(=O)[C@H](CCCCC)NC(=O)[C@@H](C)CCCCNC(=O)OCC1c2ccccc2-c2ccccc21)C(=O)N[C@@H](CCCCC)C(=O)OC.CCCCC[C@H](CC(=O)[C@H](CCCCC)NC(=O)[C@H](CCCCNC(=O)c1ccc(Oc2ccccc2)cc1)NC(=O)c1ccc(Oc2ccccc2)cc1)C(=O)N[C@@H](CCCCC)C(=O)OC. The molecule has 7 rings (SSSR count). The van der Waals surface area contributed by atoms with Gasteiger partial charge in [0.2, 0.25) is 23.6 Å². The summed E-state index contributed by atoms with van der Waals surface area (Å²) >= 11 is 0. The molecule has 0 aromatic heterocycles. The fourth-order valence-electron chi connectivity index (χ4n) is 15.1. The number of carbonyl (C=O) groups is 11. The van der Waals surface area contributed by atoms with Crippen molar-refractivity contribution in [1.29, 1.82) is 0 Å². The number of rotatable bonds is 59. The van der Waals surface area contributed by atoms with Gasteiger partial charge in [-0.25, -0.2) is 14.4 Å². The van der Waals surface area contributed by atoms with E-state index in [4.69, 9.17) is 23.7 Å². The third-order valence-corrected chi connectivity index (χ3v) is 22.5. The predicted octanol–water partition coefficient (Wildman–Crippen LogP) is 20.2. The first-order valence-corrected chi connectivity index (χ1v) is 46.5. The van der Waals surface area contributed by atoms with Gasteiger partial charge >= 0.3 is 18.0 Å². The molecule has 0 aliphatic heterocycles. The Labute approximate surface area is 744 Å². The highest BCUT2D eigenvalue weighted by Crippen LogP contribution is 2.44. The molecule has 6 aromatic rings. The van der Waals surface area contributed by atoms with E-state index in [-0.39, 0.29) is 72.9 Å². The molecule has 8 atom stereocenters. The van der Waals surface area contributed by atoms with Crippen LogP contribution in [-0.4, -0.2) is 129 Å². The Morgan fingerprint density at radius 3 is 1.08 bits per heavy atom. The van der Waals surface area contributed by atoms with Gasteiger partial charge in [0, 0.05) is 60.7 Å². The lowest BCUT2D eigenvalue weighted by Gasteiger charge is -2.25. The zero-order valence-electron chi connectivity index (χ0n) is 76.5. The number of alkyl carbamates (subject to hydrolysis) is 1. The van der Waals surface area contributed by atoms with E-state index >= 15 is 0 Å². The maximum absolute atomic E-state index is 14.3. The molecule has 0 heterocycles. The summed E-state index contributed by atoms with van der Waals surface area (Å²) in [5, 5.41) is 20.5. The molecule has 23 heteroatoms. The van der Waals surface area contributed by atoms with Crippen molar-refractivity contribution in [1.82, 2.24) is 37.2 Å². The highest BCUT2D eigenvalue weighted by atomic mass is 16.5. The number of ketones is 2. The summed E-state index contributed by atoms with van der Waals surface area (Å²) < 4.78 is 27.4. The van der Waals surface area contributed by atoms with Crippen LogP contribution < -0.4 is 46.7 Å². The number of hydrogen-bond acceptors (Lipinski definition) is 16. The van der Waals surface area contributed by atoms with Gasteiger partial charge in [0.15, 0.2) is 11.6 Å². The van der Waals surface area contributed by atoms with Gasteiger partial charge in [-0.3, -0.25) is 38.4 Å². The van der Waals surface area contributed by atoms with Crippen LogP contribution in [0.5, 0.6) is 23.0 Å². The van der Waals surface area contributed by atoms with Crippen molar-refractivity contribution in [3.8, 4) is 34.1 Å². The summed E-state index contributed by atoms with van der Waals surface area (Å²) in [6.07, 6.45) is 21.0. The van der Waals surface area contributed by atoms with E-state index in [2.05, 4.69) is 96.1 Å². The number of amides is 7. The van der Waals surface area contributed by atoms with E-state index in [1.807, 2.05) is 113 Å². The second-order valence-electron chi connectivity index (χ2n) is 32.3. The molecule has 1 aliphatic carbocycles. The average molecular weight is 1730 g/mol. The molecule has 0 saturated heterocycles. The monoisotopic (exact) mass is 1720 g/mol. The summed E-state index contributed by atoms with van der Waals surface area (Å²) in [6.45, 7) is 19.3. The molecule has 125 heavy (non-hydrogen) atoms. The zero-order valence-corrected chi connectivity index (χ0v) is 76.5. The molecular weight excluding hydrogens is 1580 g/mol. The second kappa shape index (κ2) is 61.6. The van der Waals surface area contributed by atoms with Crippen molar-refractivity contribution < 1.29 is 76.4 Å². The fraction of sp³-hybridized carbons (Fsp3) is 0.539. The van der Waals surface area contributed by atoms with E-state index in [0.29, 0.717) is 124 Å². The third kappa shape index (κ3) is 38.8. The Kier molecular flexibility index (Phi) is 51.7. The summed E-state index contributed by atoms with van der Waals surface area (Å²) in [4.78, 5) is 148. The van der Waals surface area contributed by atoms with Crippen LogP contribution in [0.4, 0.5) is 4.79 Å². The highest BCUT2D eigenvalue weighted by Gasteiger charge is 2.35. The smallest absolute Gasteiger partial charge is 0.407 e. The van der Waals surface area contributed by atoms with Crippen LogP contribution in [0.2, 0.25) is 0 Å². The standard InChI is InChI=1S/C55H72N4O9.C45H67N3O7.C2H6/c1-5-8-13-22-42(53(63)59-49(55(65)66-4)29-15-10-7-3)39-50(60)47(27-14-9-6-2)57-54(64)48(58-52(62)41-32-36-46(37-33-41)68-44-25-18-12-19-26-44)28-20-21-38-56-51(61)40-30-34-45(35-31-40)67-43-23-16-11-17-24-43;1-6-9-12-22-33(43(51)48-40(44(52)54-5)28-14-11-8-3)30-41(49)39(27-13-10-7-2)47-42(50)32(4)21-19-20-29-46-45(53)55-31-38-36-25-17-15-23-34(36)35-24-16-18-26-37(35)38;1-2/h11-12,16-19,23-26,30-37,42,47-49H,5-10,13-15,20-22,27-29,38-39H2,1-4H3,(H,56,61)(H,57,64)(H,58,62)(H,59,63);15-18,23-26,32-33,38-40H,6-14,19-22,27-31H2,1-5H3,(H,46,53)(H,47,50)(H,48,51);1-2H3/t42-,47+,48+,49+;32-,33+,39-,40-;/m10./s1. The number of methoxy groups -OCH3 is 2. The first kappa shape index (κ1) is 105. The minimum Gasteiger partial charge on any atom is -0.467 e. The number of esters is 2. The zero-order chi connectivity index (χ0) is 90.9. The Bertz CT molecular complexity index is 4120. The van der Waals surface area contributed by atoms with Crippen LogP contribution in [-0.2, 0) is 52.6 Å². The molecular formula is C102H145N7O16. The van der Waals surface area contributed by atoms with E-state index in [0.717, 1.165) is 120 Å². The van der Waals surface area contributed by atoms with Gasteiger partial charge in [-0.15, -0.1) is 0 Å². The first-order chi connectivity index (χ1) is 60.7. The topological polar surface area (TPSA) is 318 Å². The van der Waals surface area contributed by atoms with Gasteiger partial charge in [-0.2, -0.15) is 0 Å². The molecule has 23 nitrogen and oxygen atoms in total. The molecule has 1 aliphatic rings. The van der Waals surface area contributed by atoms with Crippen LogP contribution in [0.15, 0.2) is 158 Å². The van der Waals surface area contributed by atoms with Crippen LogP contribution in [0.25, 0.3) is 11.1 Å². The number of nitrogens with one attached hydrogen (secondary N) is 7. The summed E-state index contributed by atoms with van der Waals surface area (Å²) in [7, 11) is 2.61. The summed E-state index contributed by atoms with van der Waals surface area (Å²) in [5.74, 6) is -2.74. The predicted molar refractivity (Wildman–Crippen MR) is 494 cm³/mol. The van der Waals surface area contributed by atoms with Crippen molar-refractivity contribution in [2.24, 2.45) is 17.8 Å². The number of ether oxygens (including phenoxy) is 5. The van der Waals surface area contributed by atoms with Crippen molar-refractivity contribution in [3.05, 3.63) is 180 Å². The van der Waals surface area contributed by atoms with Crippen molar-refractivity contribution in [3.63, 3.8) is 0 Å². The molecule has 0 unspecified atom stereocenters. The minimum atomic E-state index is -1.02. The molecule has 684 valence electrons. The van der Waals surface area contributed by atoms with Crippen LogP contribution in [0.1, 0.15) is 306 Å². The fourth-order valence-corrected chi connectivity index (χ4v) is 15.1. The van der Waals surface area contributed by atoms with Gasteiger partial charge < -0.3 is 60.9 Å². The quantitative estimate of drug-likeness (QED) is 0.0106. The Morgan fingerprint density at radius 1 is 0.328 bits per heavy atom. The lowest BCUT2D eigenvalue weighted by Crippen LogP contribution is -2.52. The van der Waals surface area contributed by atoms with Crippen molar-refractivity contribution >= 4 is 65.0 Å². The van der Waals surface area contributed by atoms with E-state index < -0.39 is 71.9 Å². The van der Waals surface area contributed by atoms with Crippen molar-refractivity contribution in [2.75, 3.05) is 33.9 Å². The largest absolute Gasteiger partial charge is 0.467 e. The van der Waals surface area contributed by atoms with E-state index in [9.17, 15) is 52.7 Å². The van der Waals surface area contributed by atoms with Gasteiger partial charge in [0.1, 0.15) is 47.7 Å². The number of fused-ring (bicyclic) bond motifs is 3.